The van der Waals surface area contributed by atoms with Gasteiger partial charge in [0.05, 0.1) is 10.2 Å². The average Bonchev–Trinajstić information content (AvgIpc) is 2.70. The summed E-state index contributed by atoms with van der Waals surface area (Å²) in [6.45, 7) is 4.42. The molecule has 1 heterocycles. The van der Waals surface area contributed by atoms with Crippen LogP contribution < -0.4 is 0 Å². The van der Waals surface area contributed by atoms with Gasteiger partial charge in [0, 0.05) is 5.75 Å². The molecule has 3 heteroatoms. The highest BCUT2D eigenvalue weighted by molar-refractivity contribution is 8.01. The van der Waals surface area contributed by atoms with Crippen LogP contribution in [0.5, 0.6) is 0 Å². The van der Waals surface area contributed by atoms with Crippen molar-refractivity contribution < 1.29 is 0 Å². The molecule has 1 nitrogen and oxygen atoms in total. The Labute approximate surface area is 105 Å². The number of fused-ring (bicyclic) bond motifs is 1. The van der Waals surface area contributed by atoms with E-state index in [1.165, 1.54) is 33.2 Å². The number of nitrogens with zero attached hydrogens (tertiary/aromatic N) is 1. The van der Waals surface area contributed by atoms with Crippen LogP contribution in [0.3, 0.4) is 0 Å². The van der Waals surface area contributed by atoms with Crippen molar-refractivity contribution in [1.29, 1.82) is 0 Å². The first-order chi connectivity index (χ1) is 7.83. The SMILES string of the molecule is CCCCSc1nc2ccc(CC)cc2s1. The van der Waals surface area contributed by atoms with Gasteiger partial charge in [0.1, 0.15) is 0 Å². The van der Waals surface area contributed by atoms with Gasteiger partial charge in [0.2, 0.25) is 0 Å². The fourth-order valence-corrected chi connectivity index (χ4v) is 3.82. The third kappa shape index (κ3) is 2.77. The Hall–Kier alpha value is -0.540. The number of aromatic nitrogens is 1. The number of rotatable bonds is 5. The Balaban J connectivity index is 2.16. The molecule has 2 rings (SSSR count). The summed E-state index contributed by atoms with van der Waals surface area (Å²) < 4.78 is 2.55. The van der Waals surface area contributed by atoms with Crippen LogP contribution in [0.1, 0.15) is 32.3 Å². The Morgan fingerprint density at radius 3 is 2.94 bits per heavy atom. The normalized spacial score (nSPS) is 11.1. The van der Waals surface area contributed by atoms with E-state index in [0.29, 0.717) is 0 Å². The van der Waals surface area contributed by atoms with Gasteiger partial charge in [-0.15, -0.1) is 11.3 Å². The van der Waals surface area contributed by atoms with Gasteiger partial charge >= 0.3 is 0 Å². The molecule has 16 heavy (non-hydrogen) atoms. The highest BCUT2D eigenvalue weighted by Gasteiger charge is 2.04. The topological polar surface area (TPSA) is 12.9 Å². The van der Waals surface area contributed by atoms with Crippen LogP contribution in [0, 0.1) is 0 Å². The van der Waals surface area contributed by atoms with Crippen LogP contribution in [0.15, 0.2) is 22.5 Å². The van der Waals surface area contributed by atoms with E-state index in [1.54, 1.807) is 0 Å². The lowest BCUT2D eigenvalue weighted by atomic mass is 10.2. The van der Waals surface area contributed by atoms with Crippen LogP contribution in [-0.4, -0.2) is 10.7 Å². The molecule has 0 fully saturated rings. The maximum absolute atomic E-state index is 4.64. The third-order valence-electron chi connectivity index (χ3n) is 2.56. The van der Waals surface area contributed by atoms with Crippen LogP contribution in [0.2, 0.25) is 0 Å². The highest BCUT2D eigenvalue weighted by atomic mass is 32.2. The summed E-state index contributed by atoms with van der Waals surface area (Å²) in [4.78, 5) is 4.64. The minimum Gasteiger partial charge on any atom is -0.230 e. The van der Waals surface area contributed by atoms with Crippen molar-refractivity contribution in [3.8, 4) is 0 Å². The molecule has 0 saturated heterocycles. The average molecular weight is 251 g/mol. The number of thiazole rings is 1. The van der Waals surface area contributed by atoms with Crippen molar-refractivity contribution in [2.75, 3.05) is 5.75 Å². The van der Waals surface area contributed by atoms with E-state index in [0.717, 1.165) is 11.9 Å². The smallest absolute Gasteiger partial charge is 0.151 e. The Morgan fingerprint density at radius 2 is 2.19 bits per heavy atom. The molecule has 0 aliphatic heterocycles. The number of hydrogen-bond donors (Lipinski definition) is 0. The quantitative estimate of drug-likeness (QED) is 0.562. The second-order valence-corrected chi connectivity index (χ2v) is 6.21. The summed E-state index contributed by atoms with van der Waals surface area (Å²) in [6, 6.07) is 6.61. The molecule has 86 valence electrons. The molecule has 0 bridgehead atoms. The van der Waals surface area contributed by atoms with E-state index in [9.17, 15) is 0 Å². The van der Waals surface area contributed by atoms with Crippen LogP contribution in [0.25, 0.3) is 10.2 Å². The van der Waals surface area contributed by atoms with Gasteiger partial charge in [-0.2, -0.15) is 0 Å². The number of benzene rings is 1. The fourth-order valence-electron chi connectivity index (χ4n) is 1.53. The van der Waals surface area contributed by atoms with Gasteiger partial charge in [-0.3, -0.25) is 0 Å². The number of thioether (sulfide) groups is 1. The Kier molecular flexibility index (Phi) is 4.24. The van der Waals surface area contributed by atoms with Crippen molar-refractivity contribution >= 4 is 33.3 Å². The molecule has 0 unspecified atom stereocenters. The molecule has 1 aromatic heterocycles. The largest absolute Gasteiger partial charge is 0.230 e. The molecule has 0 atom stereocenters. The summed E-state index contributed by atoms with van der Waals surface area (Å²) in [5, 5.41) is 0. The first kappa shape index (κ1) is 11.9. The van der Waals surface area contributed by atoms with Crippen LogP contribution in [0.4, 0.5) is 0 Å². The monoisotopic (exact) mass is 251 g/mol. The minimum absolute atomic E-state index is 1.10. The zero-order valence-corrected chi connectivity index (χ0v) is 11.5. The summed E-state index contributed by atoms with van der Waals surface area (Å²) in [5.41, 5.74) is 2.56. The molecule has 0 spiro atoms. The third-order valence-corrected chi connectivity index (χ3v) is 4.81. The van der Waals surface area contributed by atoms with E-state index in [2.05, 4.69) is 37.0 Å². The van der Waals surface area contributed by atoms with Crippen molar-refractivity contribution in [3.05, 3.63) is 23.8 Å². The van der Waals surface area contributed by atoms with Crippen molar-refractivity contribution in [1.82, 2.24) is 4.98 Å². The van der Waals surface area contributed by atoms with E-state index >= 15 is 0 Å². The maximum Gasteiger partial charge on any atom is 0.151 e. The van der Waals surface area contributed by atoms with E-state index in [4.69, 9.17) is 0 Å². The molecule has 0 amide bonds. The lowest BCUT2D eigenvalue weighted by Crippen LogP contribution is -1.78. The first-order valence-corrected chi connectivity index (χ1v) is 7.66. The summed E-state index contributed by atoms with van der Waals surface area (Å²) in [6.07, 6.45) is 3.64. The van der Waals surface area contributed by atoms with E-state index < -0.39 is 0 Å². The lowest BCUT2D eigenvalue weighted by molar-refractivity contribution is 0.896. The zero-order chi connectivity index (χ0) is 11.4. The van der Waals surface area contributed by atoms with Crippen molar-refractivity contribution in [2.45, 2.75) is 37.4 Å². The summed E-state index contributed by atoms with van der Waals surface area (Å²) in [7, 11) is 0. The van der Waals surface area contributed by atoms with Gasteiger partial charge in [-0.1, -0.05) is 38.1 Å². The molecule has 0 radical (unpaired) electrons. The molecule has 0 N–H and O–H groups in total. The second-order valence-electron chi connectivity index (χ2n) is 3.84. The van der Waals surface area contributed by atoms with Gasteiger partial charge in [-0.25, -0.2) is 4.98 Å². The first-order valence-electron chi connectivity index (χ1n) is 5.85. The van der Waals surface area contributed by atoms with Crippen LogP contribution in [-0.2, 0) is 6.42 Å². The van der Waals surface area contributed by atoms with Crippen LogP contribution >= 0.6 is 23.1 Å². The van der Waals surface area contributed by atoms with E-state index in [-0.39, 0.29) is 0 Å². The molecular formula is C13H17NS2. The van der Waals surface area contributed by atoms with Crippen molar-refractivity contribution in [3.63, 3.8) is 0 Å². The minimum atomic E-state index is 1.10. The molecule has 2 aromatic rings. The molecule has 0 saturated carbocycles. The molecule has 1 aromatic carbocycles. The summed E-state index contributed by atoms with van der Waals surface area (Å²) in [5.74, 6) is 1.19. The predicted molar refractivity (Wildman–Crippen MR) is 74.6 cm³/mol. The summed E-state index contributed by atoms with van der Waals surface area (Å²) >= 11 is 3.72. The van der Waals surface area contributed by atoms with E-state index in [1.807, 2.05) is 23.1 Å². The van der Waals surface area contributed by atoms with Crippen molar-refractivity contribution in [2.24, 2.45) is 0 Å². The Morgan fingerprint density at radius 1 is 1.31 bits per heavy atom. The maximum atomic E-state index is 4.64. The standard InChI is InChI=1S/C13H17NS2/c1-3-5-8-15-13-14-11-7-6-10(4-2)9-12(11)16-13/h6-7,9H,3-5,8H2,1-2H3. The van der Waals surface area contributed by atoms with Gasteiger partial charge < -0.3 is 0 Å². The molecule has 0 aliphatic carbocycles. The second kappa shape index (κ2) is 5.69. The lowest BCUT2D eigenvalue weighted by Gasteiger charge is -1.93. The van der Waals surface area contributed by atoms with Gasteiger partial charge in [0.15, 0.2) is 4.34 Å². The van der Waals surface area contributed by atoms with Gasteiger partial charge in [-0.05, 0) is 30.5 Å². The molecular weight excluding hydrogens is 234 g/mol. The number of hydrogen-bond acceptors (Lipinski definition) is 3. The zero-order valence-electron chi connectivity index (χ0n) is 9.82. The van der Waals surface area contributed by atoms with Gasteiger partial charge in [0.25, 0.3) is 0 Å². The number of unbranched alkanes of at least 4 members (excludes halogenated alkanes) is 1. The Bertz CT molecular complexity index is 462. The fraction of sp³-hybridized carbons (Fsp3) is 0.462. The molecule has 0 aliphatic rings. The highest BCUT2D eigenvalue weighted by Crippen LogP contribution is 2.30. The predicted octanol–water partition coefficient (Wildman–Crippen LogP) is 4.75. The number of aryl methyl sites for hydroxylation is 1.